The first kappa shape index (κ1) is 15.9. The molecule has 0 aliphatic rings. The van der Waals surface area contributed by atoms with Gasteiger partial charge in [-0.2, -0.15) is 0 Å². The molecule has 0 heterocycles. The maximum Gasteiger partial charge on any atom is 0.139 e. The predicted molar refractivity (Wildman–Crippen MR) is 89.0 cm³/mol. The summed E-state index contributed by atoms with van der Waals surface area (Å²) < 4.78 is 6.19. The SMILES string of the molecule is CCC(N)C(Oc1cc(C)ccc1Cl)c1ccccc1C. The fraction of sp³-hybridized carbons (Fsp3) is 0.333. The van der Waals surface area contributed by atoms with Crippen LogP contribution in [0.25, 0.3) is 0 Å². The Kier molecular flexibility index (Phi) is 5.27. The van der Waals surface area contributed by atoms with Gasteiger partial charge in [-0.15, -0.1) is 0 Å². The summed E-state index contributed by atoms with van der Waals surface area (Å²) in [4.78, 5) is 0. The minimum Gasteiger partial charge on any atom is -0.483 e. The lowest BCUT2D eigenvalue weighted by Gasteiger charge is -2.26. The quantitative estimate of drug-likeness (QED) is 0.860. The molecule has 2 rings (SSSR count). The normalized spacial score (nSPS) is 13.8. The molecule has 0 spiro atoms. The molecule has 0 aromatic heterocycles. The highest BCUT2D eigenvalue weighted by Crippen LogP contribution is 2.32. The highest BCUT2D eigenvalue weighted by atomic mass is 35.5. The fourth-order valence-corrected chi connectivity index (χ4v) is 2.50. The predicted octanol–water partition coefficient (Wildman–Crippen LogP) is 4.81. The second-order valence-corrected chi connectivity index (χ2v) is 5.81. The third-order valence-corrected chi connectivity index (χ3v) is 4.01. The molecule has 0 saturated carbocycles. The van der Waals surface area contributed by atoms with Gasteiger partial charge in [0.05, 0.1) is 5.02 Å². The molecule has 2 aromatic carbocycles. The zero-order valence-electron chi connectivity index (χ0n) is 12.8. The molecule has 2 N–H and O–H groups in total. The minimum absolute atomic E-state index is 0.0809. The smallest absolute Gasteiger partial charge is 0.139 e. The molecule has 0 aliphatic heterocycles. The van der Waals surface area contributed by atoms with Gasteiger partial charge in [0, 0.05) is 6.04 Å². The number of ether oxygens (including phenoxy) is 1. The van der Waals surface area contributed by atoms with Crippen LogP contribution in [0.1, 0.15) is 36.1 Å². The number of halogens is 1. The molecule has 2 unspecified atom stereocenters. The van der Waals surface area contributed by atoms with Crippen molar-refractivity contribution in [3.05, 3.63) is 64.2 Å². The summed E-state index contributed by atoms with van der Waals surface area (Å²) in [6.45, 7) is 6.16. The number of benzene rings is 2. The van der Waals surface area contributed by atoms with Crippen LogP contribution in [-0.2, 0) is 0 Å². The third-order valence-electron chi connectivity index (χ3n) is 3.70. The Balaban J connectivity index is 2.38. The molecule has 0 amide bonds. The van der Waals surface area contributed by atoms with Gasteiger partial charge in [-0.25, -0.2) is 0 Å². The molecule has 21 heavy (non-hydrogen) atoms. The molecule has 2 nitrogen and oxygen atoms in total. The van der Waals surface area contributed by atoms with E-state index in [0.717, 1.165) is 17.5 Å². The number of rotatable bonds is 5. The maximum atomic E-state index is 6.29. The first-order chi connectivity index (χ1) is 10.0. The van der Waals surface area contributed by atoms with Crippen LogP contribution >= 0.6 is 11.6 Å². The van der Waals surface area contributed by atoms with Crippen LogP contribution in [0.4, 0.5) is 0 Å². The molecule has 3 heteroatoms. The third kappa shape index (κ3) is 3.78. The van der Waals surface area contributed by atoms with Crippen molar-refractivity contribution in [3.63, 3.8) is 0 Å². The van der Waals surface area contributed by atoms with E-state index in [4.69, 9.17) is 22.1 Å². The van der Waals surface area contributed by atoms with Gasteiger partial charge >= 0.3 is 0 Å². The first-order valence-electron chi connectivity index (χ1n) is 7.26. The van der Waals surface area contributed by atoms with E-state index >= 15 is 0 Å². The molecule has 0 radical (unpaired) electrons. The van der Waals surface area contributed by atoms with Gasteiger partial charge in [-0.1, -0.05) is 48.9 Å². The number of aryl methyl sites for hydroxylation is 2. The van der Waals surface area contributed by atoms with E-state index in [0.29, 0.717) is 10.8 Å². The van der Waals surface area contributed by atoms with Gasteiger partial charge in [0.1, 0.15) is 11.9 Å². The zero-order valence-corrected chi connectivity index (χ0v) is 13.5. The van der Waals surface area contributed by atoms with E-state index in [1.165, 1.54) is 5.56 Å². The minimum atomic E-state index is -0.199. The average molecular weight is 304 g/mol. The maximum absolute atomic E-state index is 6.29. The van der Waals surface area contributed by atoms with E-state index in [-0.39, 0.29) is 12.1 Å². The van der Waals surface area contributed by atoms with Crippen molar-refractivity contribution in [1.29, 1.82) is 0 Å². The van der Waals surface area contributed by atoms with Crippen LogP contribution in [0.3, 0.4) is 0 Å². The van der Waals surface area contributed by atoms with Crippen molar-refractivity contribution in [1.82, 2.24) is 0 Å². The van der Waals surface area contributed by atoms with Crippen molar-refractivity contribution >= 4 is 11.6 Å². The number of hydrogen-bond donors (Lipinski definition) is 1. The Bertz CT molecular complexity index is 612. The van der Waals surface area contributed by atoms with Crippen LogP contribution in [0, 0.1) is 13.8 Å². The molecule has 0 aliphatic carbocycles. The second-order valence-electron chi connectivity index (χ2n) is 5.40. The summed E-state index contributed by atoms with van der Waals surface area (Å²) in [6.07, 6.45) is 0.637. The largest absolute Gasteiger partial charge is 0.483 e. The van der Waals surface area contributed by atoms with Gasteiger partial charge in [-0.3, -0.25) is 0 Å². The zero-order chi connectivity index (χ0) is 15.4. The molecule has 0 bridgehead atoms. The summed E-state index contributed by atoms with van der Waals surface area (Å²) in [6, 6.07) is 13.9. The Morgan fingerprint density at radius 3 is 2.52 bits per heavy atom. The number of hydrogen-bond acceptors (Lipinski definition) is 2. The van der Waals surface area contributed by atoms with Crippen LogP contribution in [0.5, 0.6) is 5.75 Å². The first-order valence-corrected chi connectivity index (χ1v) is 7.64. The van der Waals surface area contributed by atoms with Crippen molar-refractivity contribution in [2.45, 2.75) is 39.3 Å². The number of nitrogens with two attached hydrogens (primary N) is 1. The Hall–Kier alpha value is -1.51. The highest BCUT2D eigenvalue weighted by Gasteiger charge is 2.23. The van der Waals surface area contributed by atoms with E-state index in [9.17, 15) is 0 Å². The van der Waals surface area contributed by atoms with Crippen molar-refractivity contribution in [3.8, 4) is 5.75 Å². The van der Waals surface area contributed by atoms with E-state index in [1.807, 2.05) is 37.3 Å². The Morgan fingerprint density at radius 1 is 1.14 bits per heavy atom. The summed E-state index contributed by atoms with van der Waals surface area (Å²) in [5, 5.41) is 0.613. The monoisotopic (exact) mass is 303 g/mol. The lowest BCUT2D eigenvalue weighted by atomic mass is 9.96. The van der Waals surface area contributed by atoms with Crippen molar-refractivity contribution in [2.75, 3.05) is 0 Å². The van der Waals surface area contributed by atoms with Crippen LogP contribution in [-0.4, -0.2) is 6.04 Å². The van der Waals surface area contributed by atoms with Crippen LogP contribution in [0.15, 0.2) is 42.5 Å². The van der Waals surface area contributed by atoms with E-state index < -0.39 is 0 Å². The van der Waals surface area contributed by atoms with Gasteiger partial charge in [0.25, 0.3) is 0 Å². The van der Waals surface area contributed by atoms with Gasteiger partial charge in [0.2, 0.25) is 0 Å². The molecule has 112 valence electrons. The van der Waals surface area contributed by atoms with Crippen LogP contribution in [0.2, 0.25) is 5.02 Å². The summed E-state index contributed by atoms with van der Waals surface area (Å²) in [5.74, 6) is 0.689. The van der Waals surface area contributed by atoms with Gasteiger partial charge < -0.3 is 10.5 Å². The van der Waals surface area contributed by atoms with Crippen LogP contribution < -0.4 is 10.5 Å². The van der Waals surface area contributed by atoms with Crippen molar-refractivity contribution < 1.29 is 4.74 Å². The summed E-state index contributed by atoms with van der Waals surface area (Å²) >= 11 is 6.25. The summed E-state index contributed by atoms with van der Waals surface area (Å²) in [7, 11) is 0. The molecule has 2 atom stereocenters. The molecule has 2 aromatic rings. The molecule has 0 saturated heterocycles. The lowest BCUT2D eigenvalue weighted by Crippen LogP contribution is -2.32. The van der Waals surface area contributed by atoms with Crippen molar-refractivity contribution in [2.24, 2.45) is 5.73 Å². The van der Waals surface area contributed by atoms with E-state index in [1.54, 1.807) is 0 Å². The highest BCUT2D eigenvalue weighted by molar-refractivity contribution is 6.32. The fourth-order valence-electron chi connectivity index (χ4n) is 2.34. The molecular weight excluding hydrogens is 282 g/mol. The Morgan fingerprint density at radius 2 is 1.86 bits per heavy atom. The lowest BCUT2D eigenvalue weighted by molar-refractivity contribution is 0.170. The average Bonchev–Trinajstić information content (AvgIpc) is 2.48. The standard InChI is InChI=1S/C18H22ClNO/c1-4-16(20)18(14-8-6-5-7-13(14)3)21-17-11-12(2)9-10-15(17)19/h5-11,16,18H,4,20H2,1-3H3. The molecular formula is C18H22ClNO. The van der Waals surface area contributed by atoms with E-state index in [2.05, 4.69) is 26.0 Å². The summed E-state index contributed by atoms with van der Waals surface area (Å²) in [5.41, 5.74) is 9.69. The van der Waals surface area contributed by atoms with Gasteiger partial charge in [0.15, 0.2) is 0 Å². The second kappa shape index (κ2) is 6.97. The Labute approximate surface area is 131 Å². The topological polar surface area (TPSA) is 35.2 Å². The molecule has 0 fully saturated rings. The van der Waals surface area contributed by atoms with Gasteiger partial charge in [-0.05, 0) is 49.1 Å².